The number of phenols is 1. The van der Waals surface area contributed by atoms with Crippen molar-refractivity contribution < 1.29 is 39.9 Å². The maximum atomic E-state index is 11.6. The second-order valence-electron chi connectivity index (χ2n) is 14.6. The largest absolute Gasteiger partial charge is 0.507 e. The quantitative estimate of drug-likeness (QED) is 0.169. The normalized spacial score (nSPS) is 14.6. The number of para-hydroxylation sites is 1. The minimum Gasteiger partial charge on any atom is -0.507 e. The Balaban J connectivity index is 0.00000630. The molecule has 0 amide bonds. The van der Waals surface area contributed by atoms with Gasteiger partial charge in [-0.3, -0.25) is 9.55 Å². The third kappa shape index (κ3) is 7.32. The number of rotatable bonds is 6. The zero-order valence-corrected chi connectivity index (χ0v) is 33.3. The Hall–Kier alpha value is -5.57. The van der Waals surface area contributed by atoms with E-state index in [0.29, 0.717) is 61.6 Å². The van der Waals surface area contributed by atoms with Gasteiger partial charge in [-0.2, -0.15) is 0 Å². The van der Waals surface area contributed by atoms with Gasteiger partial charge in [0.25, 0.3) is 0 Å². The van der Waals surface area contributed by atoms with E-state index in [1.54, 1.807) is 28.8 Å². The van der Waals surface area contributed by atoms with E-state index < -0.39 is 43.4 Å². The fraction of sp³-hybridized carbons (Fsp3) is 0.160. The van der Waals surface area contributed by atoms with Gasteiger partial charge in [-0.15, -0.1) is 29.3 Å². The van der Waals surface area contributed by atoms with Crippen molar-refractivity contribution >= 4 is 11.0 Å². The molecule has 0 atom stereocenters. The van der Waals surface area contributed by atoms with Crippen LogP contribution in [0, 0.1) is 33.6 Å². The number of hydrogen-bond donors (Lipinski definition) is 1. The summed E-state index contributed by atoms with van der Waals surface area (Å²) in [6.07, 6.45) is 1.50. The van der Waals surface area contributed by atoms with Crippen LogP contribution >= 0.6 is 0 Å². The first-order valence-electron chi connectivity index (χ1n) is 22.7. The van der Waals surface area contributed by atoms with Gasteiger partial charge in [0.15, 0.2) is 0 Å². The number of hydrogen-bond acceptors (Lipinski definition) is 3. The molecule has 276 valence electrons. The molecule has 0 aliphatic carbocycles. The van der Waals surface area contributed by atoms with Crippen molar-refractivity contribution in [2.24, 2.45) is 0 Å². The minimum absolute atomic E-state index is 0. The first-order chi connectivity index (χ1) is 30.0. The van der Waals surface area contributed by atoms with Gasteiger partial charge in [-0.25, -0.2) is 4.98 Å². The van der Waals surface area contributed by atoms with Crippen molar-refractivity contribution in [2.75, 3.05) is 0 Å². The molecular formula is C50H44N3OPt-. The Labute approximate surface area is 352 Å². The molecule has 0 unspecified atom stereocenters. The Kier molecular flexibility index (Phi) is 7.35. The summed E-state index contributed by atoms with van der Waals surface area (Å²) in [5.41, 5.74) is 7.58. The molecule has 0 fully saturated rings. The number of pyridine rings is 1. The summed E-state index contributed by atoms with van der Waals surface area (Å²) in [5.74, 6) is 0.361. The number of fused-ring (bicyclic) bond motifs is 1. The summed E-state index contributed by atoms with van der Waals surface area (Å²) in [6, 6.07) is 32.8. The monoisotopic (exact) mass is 907 g/mol. The number of aromatic nitrogens is 3. The van der Waals surface area contributed by atoms with E-state index in [0.717, 1.165) is 22.3 Å². The zero-order chi connectivity index (χ0) is 46.2. The van der Waals surface area contributed by atoms with E-state index in [9.17, 15) is 5.11 Å². The van der Waals surface area contributed by atoms with Gasteiger partial charge in [0.1, 0.15) is 11.6 Å². The predicted molar refractivity (Wildman–Crippen MR) is 224 cm³/mol. The predicted octanol–water partition coefficient (Wildman–Crippen LogP) is 12.8. The molecule has 0 saturated heterocycles. The van der Waals surface area contributed by atoms with Gasteiger partial charge in [0.2, 0.25) is 0 Å². The van der Waals surface area contributed by atoms with Crippen LogP contribution in [-0.2, 0) is 26.5 Å². The van der Waals surface area contributed by atoms with Crippen LogP contribution < -0.4 is 0 Å². The SMILES string of the molecule is [2H]c1c([2H])c(C([2H])([2H])[2H])c([2H])c([2H])c1-c1ccnc(-c2[c-]c(-c3cccc4c3nc(-c3cc(C)cc(C)c3O)n4-c3ccc(-c4ccccc4)cc3C([2H])([2H])[2H])cc(C(C)(C)C)c2)c1.[Pt]. The molecule has 2 aromatic heterocycles. The molecule has 5 heteroatoms. The third-order valence-electron chi connectivity index (χ3n) is 9.69. The van der Waals surface area contributed by atoms with Crippen molar-refractivity contribution in [3.63, 3.8) is 0 Å². The van der Waals surface area contributed by atoms with Crippen LogP contribution in [0.15, 0.2) is 133 Å². The molecule has 55 heavy (non-hydrogen) atoms. The van der Waals surface area contributed by atoms with E-state index in [1.165, 1.54) is 6.20 Å². The van der Waals surface area contributed by atoms with E-state index in [-0.39, 0.29) is 43.4 Å². The van der Waals surface area contributed by atoms with Crippen molar-refractivity contribution in [3.8, 4) is 67.5 Å². The minimum atomic E-state index is -2.84. The van der Waals surface area contributed by atoms with Crippen molar-refractivity contribution in [3.05, 3.63) is 167 Å². The molecule has 0 saturated carbocycles. The third-order valence-corrected chi connectivity index (χ3v) is 9.69. The van der Waals surface area contributed by atoms with Crippen LogP contribution in [0.5, 0.6) is 5.75 Å². The maximum Gasteiger partial charge on any atom is 0.148 e. The number of nitrogens with zero attached hydrogens (tertiary/aromatic N) is 3. The van der Waals surface area contributed by atoms with E-state index >= 15 is 0 Å². The van der Waals surface area contributed by atoms with Crippen LogP contribution in [0.4, 0.5) is 0 Å². The standard InChI is InChI=1S/C50H44N3O.Pt/c1-31-16-18-36(19-17-31)38-22-23-51-44(30-38)40-27-39(28-41(29-40)50(5,6)7)42-14-11-15-46-47(42)52-49(43-25-32(2)24-34(4)48(43)54)53(46)45-21-20-37(26-33(45)3)35-12-9-8-10-13-35;/h8-26,28-30,54H,1-7H3;/q-1;/i1D3,3D3,16D,17D,18D,19D;. The second-order valence-corrected chi connectivity index (χ2v) is 14.6. The number of aromatic hydroxyl groups is 1. The number of benzene rings is 6. The van der Waals surface area contributed by atoms with E-state index in [4.69, 9.17) is 18.7 Å². The van der Waals surface area contributed by atoms with E-state index in [1.807, 2.05) is 92.7 Å². The van der Waals surface area contributed by atoms with Crippen molar-refractivity contribution in [2.45, 2.75) is 53.7 Å². The summed E-state index contributed by atoms with van der Waals surface area (Å²) in [4.78, 5) is 9.92. The zero-order valence-electron chi connectivity index (χ0n) is 41.0. The van der Waals surface area contributed by atoms with Gasteiger partial charge in [-0.05, 0) is 102 Å². The van der Waals surface area contributed by atoms with Gasteiger partial charge >= 0.3 is 0 Å². The molecular weight excluding hydrogens is 854 g/mol. The number of imidazole rings is 1. The van der Waals surface area contributed by atoms with Crippen LogP contribution in [0.1, 0.15) is 62.3 Å². The smallest absolute Gasteiger partial charge is 0.148 e. The number of aryl methyl sites for hydroxylation is 3. The van der Waals surface area contributed by atoms with Crippen molar-refractivity contribution in [1.29, 1.82) is 0 Å². The molecule has 0 bridgehead atoms. The second kappa shape index (κ2) is 14.9. The molecule has 0 spiro atoms. The average molecular weight is 908 g/mol. The van der Waals surface area contributed by atoms with Crippen LogP contribution in [-0.4, -0.2) is 19.6 Å². The molecule has 1 N–H and O–H groups in total. The fourth-order valence-electron chi connectivity index (χ4n) is 6.89. The van der Waals surface area contributed by atoms with Crippen LogP contribution in [0.25, 0.3) is 72.7 Å². The molecule has 0 aliphatic heterocycles. The van der Waals surface area contributed by atoms with Gasteiger partial charge in [0, 0.05) is 41.2 Å². The summed E-state index contributed by atoms with van der Waals surface area (Å²) >= 11 is 0. The van der Waals surface area contributed by atoms with Crippen LogP contribution in [0.3, 0.4) is 0 Å². The van der Waals surface area contributed by atoms with E-state index in [2.05, 4.69) is 31.8 Å². The Morgan fingerprint density at radius 1 is 0.691 bits per heavy atom. The van der Waals surface area contributed by atoms with Gasteiger partial charge in [-0.1, -0.05) is 122 Å². The molecule has 2 heterocycles. The average Bonchev–Trinajstić information content (AvgIpc) is 3.63. The Bertz CT molecular complexity index is 3120. The topological polar surface area (TPSA) is 50.9 Å². The molecule has 8 rings (SSSR count). The summed E-state index contributed by atoms with van der Waals surface area (Å²) in [6.45, 7) is 4.57. The molecule has 0 aliphatic rings. The van der Waals surface area contributed by atoms with Gasteiger partial charge < -0.3 is 5.11 Å². The summed E-state index contributed by atoms with van der Waals surface area (Å²) in [5, 5.41) is 11.6. The maximum absolute atomic E-state index is 11.6. The number of phenolic OH excluding ortho intramolecular Hbond substituents is 1. The first kappa shape index (κ1) is 27.1. The molecule has 4 nitrogen and oxygen atoms in total. The fourth-order valence-corrected chi connectivity index (χ4v) is 6.89. The Morgan fingerprint density at radius 3 is 2.20 bits per heavy atom. The summed E-state index contributed by atoms with van der Waals surface area (Å²) < 4.78 is 86.2. The Morgan fingerprint density at radius 2 is 1.45 bits per heavy atom. The van der Waals surface area contributed by atoms with Crippen molar-refractivity contribution in [1.82, 2.24) is 14.5 Å². The molecule has 6 aromatic carbocycles. The van der Waals surface area contributed by atoms with Crippen LogP contribution in [0.2, 0.25) is 0 Å². The summed E-state index contributed by atoms with van der Waals surface area (Å²) in [7, 11) is 0. The molecule has 8 aromatic rings. The van der Waals surface area contributed by atoms with Gasteiger partial charge in [0.05, 0.1) is 27.8 Å². The molecule has 0 radical (unpaired) electrons. The first-order valence-corrected chi connectivity index (χ1v) is 17.7.